The number of aromatic nitrogens is 1. The molecule has 0 saturated heterocycles. The number of rotatable bonds is 4. The molecule has 2 rings (SSSR count). The smallest absolute Gasteiger partial charge is 0.0941 e. The number of hydrazine groups is 1. The van der Waals surface area contributed by atoms with Crippen LogP contribution in [0.5, 0.6) is 0 Å². The number of nitrogens with one attached hydrogen (secondary N) is 1. The minimum Gasteiger partial charge on any atom is -0.271 e. The van der Waals surface area contributed by atoms with Crippen molar-refractivity contribution in [1.82, 2.24) is 10.4 Å². The maximum atomic E-state index is 5.54. The van der Waals surface area contributed by atoms with E-state index in [0.29, 0.717) is 11.5 Å². The second kappa shape index (κ2) is 3.36. The predicted molar refractivity (Wildman–Crippen MR) is 54.3 cm³/mol. The van der Waals surface area contributed by atoms with Crippen LogP contribution < -0.4 is 11.3 Å². The fourth-order valence-corrected chi connectivity index (χ4v) is 2.24. The summed E-state index contributed by atoms with van der Waals surface area (Å²) in [5, 5.41) is 3.19. The maximum Gasteiger partial charge on any atom is 0.0941 e. The van der Waals surface area contributed by atoms with Crippen molar-refractivity contribution in [1.29, 1.82) is 0 Å². The molecule has 1 aromatic heterocycles. The van der Waals surface area contributed by atoms with Crippen LogP contribution in [0.25, 0.3) is 0 Å². The first-order valence-corrected chi connectivity index (χ1v) is 5.47. The zero-order chi connectivity index (χ0) is 9.31. The molecule has 0 amide bonds. The fourth-order valence-electron chi connectivity index (χ4n) is 1.58. The molecule has 1 aliphatic rings. The monoisotopic (exact) mass is 197 g/mol. The lowest BCUT2D eigenvalue weighted by molar-refractivity contribution is 0.359. The summed E-state index contributed by atoms with van der Waals surface area (Å²) in [5.74, 6) is 5.54. The minimum absolute atomic E-state index is 0.388. The van der Waals surface area contributed by atoms with Crippen molar-refractivity contribution in [2.45, 2.75) is 32.2 Å². The van der Waals surface area contributed by atoms with Gasteiger partial charge in [0, 0.05) is 24.0 Å². The molecule has 1 heterocycles. The molecular weight excluding hydrogens is 182 g/mol. The van der Waals surface area contributed by atoms with Gasteiger partial charge in [-0.2, -0.15) is 0 Å². The van der Waals surface area contributed by atoms with Crippen LogP contribution in [0.4, 0.5) is 0 Å². The molecule has 0 aliphatic heterocycles. The van der Waals surface area contributed by atoms with Gasteiger partial charge in [0.25, 0.3) is 0 Å². The number of nitrogens with two attached hydrogens (primary N) is 1. The van der Waals surface area contributed by atoms with Crippen LogP contribution in [0.1, 0.15) is 24.8 Å². The quantitative estimate of drug-likeness (QED) is 0.565. The summed E-state index contributed by atoms with van der Waals surface area (Å²) >= 11 is 1.70. The molecule has 3 N–H and O–H groups in total. The molecule has 3 nitrogen and oxygen atoms in total. The standard InChI is InChI=1S/C9H15N3S/c1-9(2-3-9)7(12-10)6-8-11-4-5-13-8/h4-5,7,12H,2-3,6,10H2,1H3. The van der Waals surface area contributed by atoms with Crippen molar-refractivity contribution in [2.75, 3.05) is 0 Å². The van der Waals surface area contributed by atoms with Gasteiger partial charge in [-0.1, -0.05) is 6.92 Å². The summed E-state index contributed by atoms with van der Waals surface area (Å²) in [4.78, 5) is 4.27. The topological polar surface area (TPSA) is 50.9 Å². The number of hydrogen-bond acceptors (Lipinski definition) is 4. The Balaban J connectivity index is 1.99. The third-order valence-electron chi connectivity index (χ3n) is 2.94. The summed E-state index contributed by atoms with van der Waals surface area (Å²) in [6.45, 7) is 2.28. The summed E-state index contributed by atoms with van der Waals surface area (Å²) in [6.07, 6.45) is 5.38. The second-order valence-corrected chi connectivity index (χ2v) is 4.98. The van der Waals surface area contributed by atoms with Crippen LogP contribution in [0.2, 0.25) is 0 Å². The van der Waals surface area contributed by atoms with Gasteiger partial charge in [0.15, 0.2) is 0 Å². The highest BCUT2D eigenvalue weighted by Gasteiger charge is 2.44. The first kappa shape index (κ1) is 9.12. The first-order chi connectivity index (χ1) is 6.24. The van der Waals surface area contributed by atoms with Gasteiger partial charge in [-0.05, 0) is 18.3 Å². The van der Waals surface area contributed by atoms with E-state index in [0.717, 1.165) is 6.42 Å². The van der Waals surface area contributed by atoms with E-state index < -0.39 is 0 Å². The van der Waals surface area contributed by atoms with Gasteiger partial charge in [0.05, 0.1) is 5.01 Å². The molecule has 72 valence electrons. The average molecular weight is 197 g/mol. The molecule has 1 fully saturated rings. The SMILES string of the molecule is CC1(C(Cc2nccs2)NN)CC1. The summed E-state index contributed by atoms with van der Waals surface area (Å²) < 4.78 is 0. The highest BCUT2D eigenvalue weighted by Crippen LogP contribution is 2.48. The van der Waals surface area contributed by atoms with Gasteiger partial charge in [0.2, 0.25) is 0 Å². The Hall–Kier alpha value is -0.450. The molecule has 1 aliphatic carbocycles. The van der Waals surface area contributed by atoms with E-state index in [2.05, 4.69) is 17.3 Å². The number of hydrogen-bond donors (Lipinski definition) is 2. The molecule has 1 unspecified atom stereocenters. The molecule has 0 aromatic carbocycles. The molecule has 13 heavy (non-hydrogen) atoms. The second-order valence-electron chi connectivity index (χ2n) is 4.00. The Bertz CT molecular complexity index is 266. The summed E-state index contributed by atoms with van der Waals surface area (Å²) in [5.41, 5.74) is 3.33. The largest absolute Gasteiger partial charge is 0.271 e. The number of nitrogens with zero attached hydrogens (tertiary/aromatic N) is 1. The molecule has 0 bridgehead atoms. The lowest BCUT2D eigenvalue weighted by Crippen LogP contribution is -2.42. The van der Waals surface area contributed by atoms with E-state index in [1.54, 1.807) is 11.3 Å². The van der Waals surface area contributed by atoms with E-state index >= 15 is 0 Å². The highest BCUT2D eigenvalue weighted by molar-refractivity contribution is 7.09. The average Bonchev–Trinajstić information content (AvgIpc) is 2.70. The van der Waals surface area contributed by atoms with Crippen LogP contribution in [-0.4, -0.2) is 11.0 Å². The molecule has 4 heteroatoms. The van der Waals surface area contributed by atoms with Crippen LogP contribution >= 0.6 is 11.3 Å². The third-order valence-corrected chi connectivity index (χ3v) is 3.75. The zero-order valence-electron chi connectivity index (χ0n) is 7.79. The van der Waals surface area contributed by atoms with Crippen molar-refractivity contribution in [2.24, 2.45) is 11.3 Å². The molecule has 0 radical (unpaired) electrons. The highest BCUT2D eigenvalue weighted by atomic mass is 32.1. The molecule has 1 atom stereocenters. The maximum absolute atomic E-state index is 5.54. The van der Waals surface area contributed by atoms with Gasteiger partial charge in [-0.3, -0.25) is 11.3 Å². The first-order valence-electron chi connectivity index (χ1n) is 4.59. The third kappa shape index (κ3) is 1.90. The molecule has 0 spiro atoms. The Labute approximate surface area is 82.3 Å². The molecule has 1 saturated carbocycles. The van der Waals surface area contributed by atoms with Crippen LogP contribution in [0.15, 0.2) is 11.6 Å². The van der Waals surface area contributed by atoms with E-state index in [4.69, 9.17) is 5.84 Å². The van der Waals surface area contributed by atoms with Gasteiger partial charge in [-0.15, -0.1) is 11.3 Å². The van der Waals surface area contributed by atoms with Crippen molar-refractivity contribution in [3.8, 4) is 0 Å². The fraction of sp³-hybridized carbons (Fsp3) is 0.667. The van der Waals surface area contributed by atoms with Crippen molar-refractivity contribution in [3.05, 3.63) is 16.6 Å². The van der Waals surface area contributed by atoms with Crippen molar-refractivity contribution < 1.29 is 0 Å². The molecular formula is C9H15N3S. The Morgan fingerprint density at radius 3 is 3.00 bits per heavy atom. The van der Waals surface area contributed by atoms with Crippen molar-refractivity contribution in [3.63, 3.8) is 0 Å². The van der Waals surface area contributed by atoms with Gasteiger partial charge >= 0.3 is 0 Å². The van der Waals surface area contributed by atoms with E-state index in [1.165, 1.54) is 17.8 Å². The van der Waals surface area contributed by atoms with E-state index in [-0.39, 0.29) is 0 Å². The van der Waals surface area contributed by atoms with Crippen LogP contribution in [0.3, 0.4) is 0 Å². The lowest BCUT2D eigenvalue weighted by Gasteiger charge is -2.21. The zero-order valence-corrected chi connectivity index (χ0v) is 8.60. The summed E-state index contributed by atoms with van der Waals surface area (Å²) in [7, 11) is 0. The van der Waals surface area contributed by atoms with Gasteiger partial charge in [0.1, 0.15) is 0 Å². The lowest BCUT2D eigenvalue weighted by atomic mass is 9.97. The van der Waals surface area contributed by atoms with Crippen molar-refractivity contribution >= 4 is 11.3 Å². The Morgan fingerprint density at radius 2 is 2.54 bits per heavy atom. The minimum atomic E-state index is 0.388. The normalized spacial score (nSPS) is 21.4. The van der Waals surface area contributed by atoms with Gasteiger partial charge < -0.3 is 0 Å². The van der Waals surface area contributed by atoms with Gasteiger partial charge in [-0.25, -0.2) is 4.98 Å². The predicted octanol–water partition coefficient (Wildman–Crippen LogP) is 1.32. The van der Waals surface area contributed by atoms with E-state index in [9.17, 15) is 0 Å². The van der Waals surface area contributed by atoms with E-state index in [1.807, 2.05) is 11.6 Å². The number of thiazole rings is 1. The van der Waals surface area contributed by atoms with Crippen LogP contribution in [-0.2, 0) is 6.42 Å². The Kier molecular flexibility index (Phi) is 2.36. The van der Waals surface area contributed by atoms with Crippen LogP contribution in [0, 0.1) is 5.41 Å². The summed E-state index contributed by atoms with van der Waals surface area (Å²) in [6, 6.07) is 0.388. The molecule has 1 aromatic rings. The Morgan fingerprint density at radius 1 is 1.77 bits per heavy atom.